The van der Waals surface area contributed by atoms with Crippen LogP contribution in [0.3, 0.4) is 0 Å². The molecule has 2 aliphatic heterocycles. The molecule has 6 nitrogen and oxygen atoms in total. The number of carbonyl (C=O) groups excluding carboxylic acids is 1. The van der Waals surface area contributed by atoms with Crippen LogP contribution in [-0.2, 0) is 4.79 Å². The molecule has 0 saturated carbocycles. The molecular formula is C12H18N4O2S. The van der Waals surface area contributed by atoms with Gasteiger partial charge in [-0.15, -0.1) is 0 Å². The van der Waals surface area contributed by atoms with Gasteiger partial charge in [0, 0.05) is 12.0 Å². The number of aliphatic hydroxyl groups excluding tert-OH is 1. The van der Waals surface area contributed by atoms with Gasteiger partial charge in [-0.1, -0.05) is 25.6 Å². The van der Waals surface area contributed by atoms with E-state index in [0.29, 0.717) is 23.5 Å². The first kappa shape index (κ1) is 14.2. The summed E-state index contributed by atoms with van der Waals surface area (Å²) in [7, 11) is 0. The lowest BCUT2D eigenvalue weighted by atomic mass is 10.1. The Hall–Kier alpha value is -1.21. The number of nitrogens with zero attached hydrogens (tertiary/aromatic N) is 4. The average molecular weight is 282 g/mol. The van der Waals surface area contributed by atoms with Gasteiger partial charge in [-0.25, -0.2) is 10.0 Å². The lowest BCUT2D eigenvalue weighted by Gasteiger charge is -2.19. The second-order valence-corrected chi connectivity index (χ2v) is 5.88. The zero-order valence-corrected chi connectivity index (χ0v) is 11.9. The first-order valence-electron chi connectivity index (χ1n) is 6.38. The van der Waals surface area contributed by atoms with E-state index in [1.807, 2.05) is 0 Å². The van der Waals surface area contributed by atoms with Crippen molar-refractivity contribution in [2.45, 2.75) is 20.3 Å². The summed E-state index contributed by atoms with van der Waals surface area (Å²) in [6, 6.07) is 0. The van der Waals surface area contributed by atoms with E-state index in [2.05, 4.69) is 28.9 Å². The summed E-state index contributed by atoms with van der Waals surface area (Å²) in [5.41, 5.74) is 0. The minimum Gasteiger partial charge on any atom is -0.394 e. The van der Waals surface area contributed by atoms with Crippen molar-refractivity contribution in [2.24, 2.45) is 26.9 Å². The molecule has 7 heteroatoms. The fourth-order valence-corrected chi connectivity index (χ4v) is 2.82. The van der Waals surface area contributed by atoms with Gasteiger partial charge in [0.15, 0.2) is 5.17 Å². The standard InChI is InChI=1S/C12H18N4O2S/c1-8(2)3-6-19-12-14-10-9(11(18)15-12)7-13-16(10)4-5-17/h7-9,17H,3-6H2,1-2H3. The predicted molar refractivity (Wildman–Crippen MR) is 77.6 cm³/mol. The van der Waals surface area contributed by atoms with Crippen LogP contribution in [0.15, 0.2) is 15.1 Å². The summed E-state index contributed by atoms with van der Waals surface area (Å²) in [5, 5.41) is 15.1. The molecule has 1 amide bonds. The lowest BCUT2D eigenvalue weighted by Crippen LogP contribution is -2.35. The van der Waals surface area contributed by atoms with Crippen LogP contribution >= 0.6 is 11.8 Å². The van der Waals surface area contributed by atoms with Crippen LogP contribution in [0.2, 0.25) is 0 Å². The van der Waals surface area contributed by atoms with Gasteiger partial charge in [-0.05, 0) is 12.3 Å². The molecule has 0 spiro atoms. The van der Waals surface area contributed by atoms with Gasteiger partial charge in [-0.3, -0.25) is 4.79 Å². The Labute approximate surface area is 116 Å². The zero-order valence-electron chi connectivity index (χ0n) is 11.1. The topological polar surface area (TPSA) is 77.6 Å². The van der Waals surface area contributed by atoms with Crippen molar-refractivity contribution in [3.63, 3.8) is 0 Å². The number of aliphatic hydroxyl groups is 1. The average Bonchev–Trinajstić information content (AvgIpc) is 2.73. The number of carbonyl (C=O) groups is 1. The molecule has 0 aromatic carbocycles. The molecule has 0 aromatic heterocycles. The summed E-state index contributed by atoms with van der Waals surface area (Å²) in [6.07, 6.45) is 2.60. The minimum absolute atomic E-state index is 0.0236. The van der Waals surface area contributed by atoms with Gasteiger partial charge < -0.3 is 5.11 Å². The number of thioether (sulfide) groups is 1. The van der Waals surface area contributed by atoms with E-state index in [4.69, 9.17) is 5.11 Å². The SMILES string of the molecule is CC(C)CCSC1=NC(=O)C2C=NN(CCO)C2=N1. The Bertz CT molecular complexity index is 445. The molecule has 0 bridgehead atoms. The highest BCUT2D eigenvalue weighted by Gasteiger charge is 2.35. The predicted octanol–water partition coefficient (Wildman–Crippen LogP) is 0.970. The van der Waals surface area contributed by atoms with Crippen molar-refractivity contribution in [1.82, 2.24) is 5.01 Å². The van der Waals surface area contributed by atoms with Gasteiger partial charge in [0.1, 0.15) is 11.8 Å². The van der Waals surface area contributed by atoms with Crippen molar-refractivity contribution < 1.29 is 9.90 Å². The molecule has 0 aromatic rings. The van der Waals surface area contributed by atoms with Gasteiger partial charge in [-0.2, -0.15) is 10.1 Å². The Morgan fingerprint density at radius 1 is 1.47 bits per heavy atom. The highest BCUT2D eigenvalue weighted by Crippen LogP contribution is 2.22. The number of β-amino-alcohol motifs (C(OH)–C–C–N with tert-alkyl or cyclic N) is 1. The van der Waals surface area contributed by atoms with E-state index in [9.17, 15) is 4.79 Å². The molecule has 1 unspecified atom stereocenters. The Balaban J connectivity index is 2.02. The van der Waals surface area contributed by atoms with E-state index in [-0.39, 0.29) is 12.5 Å². The van der Waals surface area contributed by atoms with Crippen molar-refractivity contribution in [1.29, 1.82) is 0 Å². The maximum absolute atomic E-state index is 11.9. The third-order valence-electron chi connectivity index (χ3n) is 2.82. The van der Waals surface area contributed by atoms with Crippen LogP contribution in [0.1, 0.15) is 20.3 Å². The van der Waals surface area contributed by atoms with Crippen molar-refractivity contribution in [3.05, 3.63) is 0 Å². The largest absolute Gasteiger partial charge is 0.394 e. The Morgan fingerprint density at radius 3 is 2.95 bits per heavy atom. The smallest absolute Gasteiger partial charge is 0.264 e. The zero-order chi connectivity index (χ0) is 13.8. The third kappa shape index (κ3) is 3.42. The van der Waals surface area contributed by atoms with Gasteiger partial charge in [0.05, 0.1) is 13.2 Å². The highest BCUT2D eigenvalue weighted by atomic mass is 32.2. The summed E-state index contributed by atoms with van der Waals surface area (Å²) in [6.45, 7) is 4.64. The lowest BCUT2D eigenvalue weighted by molar-refractivity contribution is -0.118. The molecule has 1 atom stereocenters. The van der Waals surface area contributed by atoms with E-state index in [0.717, 1.165) is 12.2 Å². The summed E-state index contributed by atoms with van der Waals surface area (Å²) < 4.78 is 0. The first-order chi connectivity index (χ1) is 9.11. The number of amides is 1. The van der Waals surface area contributed by atoms with Crippen LogP contribution in [0.4, 0.5) is 0 Å². The van der Waals surface area contributed by atoms with Crippen LogP contribution < -0.4 is 0 Å². The molecule has 2 rings (SSSR count). The monoisotopic (exact) mass is 282 g/mol. The van der Waals surface area contributed by atoms with E-state index < -0.39 is 5.92 Å². The first-order valence-corrected chi connectivity index (χ1v) is 7.36. The van der Waals surface area contributed by atoms with E-state index >= 15 is 0 Å². The summed E-state index contributed by atoms with van der Waals surface area (Å²) in [4.78, 5) is 20.2. The van der Waals surface area contributed by atoms with Crippen LogP contribution in [0, 0.1) is 11.8 Å². The highest BCUT2D eigenvalue weighted by molar-refractivity contribution is 8.13. The molecule has 0 saturated heterocycles. The minimum atomic E-state index is -0.471. The molecule has 19 heavy (non-hydrogen) atoms. The fourth-order valence-electron chi connectivity index (χ4n) is 1.74. The maximum atomic E-state index is 11.9. The van der Waals surface area contributed by atoms with Crippen LogP contribution in [-0.4, -0.2) is 52.1 Å². The normalized spacial score (nSPS) is 21.8. The number of aliphatic imine (C=N–C) groups is 2. The Kier molecular flexibility index (Phi) is 4.71. The Morgan fingerprint density at radius 2 is 2.26 bits per heavy atom. The molecular weight excluding hydrogens is 264 g/mol. The molecule has 0 fully saturated rings. The quantitative estimate of drug-likeness (QED) is 0.815. The number of hydrogen-bond acceptors (Lipinski definition) is 6. The second-order valence-electron chi connectivity index (χ2n) is 4.82. The number of hydrazone groups is 1. The number of rotatable bonds is 5. The second kappa shape index (κ2) is 6.29. The van der Waals surface area contributed by atoms with Gasteiger partial charge in [0.2, 0.25) is 0 Å². The van der Waals surface area contributed by atoms with Crippen molar-refractivity contribution >= 4 is 34.9 Å². The fraction of sp³-hybridized carbons (Fsp3) is 0.667. The molecule has 0 radical (unpaired) electrons. The van der Waals surface area contributed by atoms with Crippen LogP contribution in [0.5, 0.6) is 0 Å². The summed E-state index contributed by atoms with van der Waals surface area (Å²) in [5.74, 6) is 1.41. The molecule has 2 aliphatic rings. The number of hydrogen-bond donors (Lipinski definition) is 1. The number of amidine groups is 2. The van der Waals surface area contributed by atoms with Gasteiger partial charge >= 0.3 is 0 Å². The van der Waals surface area contributed by atoms with E-state index in [1.54, 1.807) is 5.01 Å². The molecule has 0 aliphatic carbocycles. The maximum Gasteiger partial charge on any atom is 0.264 e. The van der Waals surface area contributed by atoms with Crippen LogP contribution in [0.25, 0.3) is 0 Å². The number of fused-ring (bicyclic) bond motifs is 1. The summed E-state index contributed by atoms with van der Waals surface area (Å²) >= 11 is 1.50. The van der Waals surface area contributed by atoms with Crippen molar-refractivity contribution in [2.75, 3.05) is 18.9 Å². The molecule has 2 heterocycles. The molecule has 104 valence electrons. The van der Waals surface area contributed by atoms with Gasteiger partial charge in [0.25, 0.3) is 5.91 Å². The van der Waals surface area contributed by atoms with E-state index in [1.165, 1.54) is 18.0 Å². The van der Waals surface area contributed by atoms with Crippen molar-refractivity contribution in [3.8, 4) is 0 Å². The molecule has 1 N–H and O–H groups in total. The third-order valence-corrected chi connectivity index (χ3v) is 3.70.